The maximum atomic E-state index is 9.26. The van der Waals surface area contributed by atoms with Crippen LogP contribution in [0.5, 0.6) is 0 Å². The quantitative estimate of drug-likeness (QED) is 0.544. The molecule has 0 heterocycles. The molecule has 0 aromatic carbocycles. The Bertz CT molecular complexity index is 159. The van der Waals surface area contributed by atoms with Crippen LogP contribution in [0.3, 0.4) is 0 Å². The summed E-state index contributed by atoms with van der Waals surface area (Å²) in [5, 5.41) is 27.8. The predicted molar refractivity (Wildman–Crippen MR) is 51.6 cm³/mol. The van der Waals surface area contributed by atoms with E-state index >= 15 is 0 Å². The minimum atomic E-state index is -0.995. The maximum Gasteiger partial charge on any atom is 3.00 e. The molecule has 0 N–H and O–H groups in total. The van der Waals surface area contributed by atoms with E-state index in [-0.39, 0.29) is 45.1 Å². The van der Waals surface area contributed by atoms with Gasteiger partial charge in [-0.3, -0.25) is 0 Å². The van der Waals surface area contributed by atoms with Crippen LogP contribution in [0, 0.1) is 0 Å². The zero-order chi connectivity index (χ0) is 12.9. The largest absolute Gasteiger partial charge is 3.00 e. The van der Waals surface area contributed by atoms with Gasteiger partial charge in [-0.15, -0.1) is 0 Å². The fraction of sp³-hybridized carbons (Fsp3) is 0.667. The number of hydrogen-bond donors (Lipinski definition) is 0. The number of aliphatic carboxylic acids is 3. The Morgan fingerprint density at radius 2 is 0.750 bits per heavy atom. The molecule has 0 aromatic heterocycles. The molecule has 0 fully saturated rings. The first-order valence-electron chi connectivity index (χ1n) is 4.41. The van der Waals surface area contributed by atoms with Crippen LogP contribution in [0.4, 0.5) is 0 Å². The van der Waals surface area contributed by atoms with E-state index in [2.05, 4.69) is 0 Å². The van der Waals surface area contributed by atoms with Crippen molar-refractivity contribution < 1.29 is 29.7 Å². The molecule has 0 aliphatic carbocycles. The second-order valence-corrected chi connectivity index (χ2v) is 2.18. The van der Waals surface area contributed by atoms with Gasteiger partial charge in [-0.25, -0.2) is 0 Å². The molecule has 0 aliphatic rings. The average Bonchev–Trinajstić information content (AvgIpc) is 2.19. The third kappa shape index (κ3) is 71.8. The van der Waals surface area contributed by atoms with Gasteiger partial charge in [-0.05, 0) is 19.3 Å². The molecular weight excluding hydrogens is 319 g/mol. The first-order chi connectivity index (χ1) is 6.81. The van der Waals surface area contributed by atoms with Crippen molar-refractivity contribution in [1.29, 1.82) is 0 Å². The molecule has 0 bridgehead atoms. The van der Waals surface area contributed by atoms with Gasteiger partial charge in [0.15, 0.2) is 0 Å². The van der Waals surface area contributed by atoms with E-state index < -0.39 is 17.9 Å². The molecule has 0 atom stereocenters. The summed E-state index contributed by atoms with van der Waals surface area (Å²) in [4.78, 5) is 27.8. The van der Waals surface area contributed by atoms with E-state index in [4.69, 9.17) is 0 Å². The van der Waals surface area contributed by atoms with Crippen molar-refractivity contribution in [3.63, 3.8) is 0 Å². The van der Waals surface area contributed by atoms with Gasteiger partial charge in [-0.1, -0.05) is 20.8 Å². The standard InChI is InChI=1S/3C3H6O2.In/c3*1-2-3(4)5;/h3*2H2,1H3,(H,4,5);/q;;;+3/p-3. The second kappa shape index (κ2) is 19.8. The Morgan fingerprint density at radius 1 is 0.688 bits per heavy atom. The fourth-order valence-electron chi connectivity index (χ4n) is 0. The summed E-state index contributed by atoms with van der Waals surface area (Å²) in [7, 11) is 0. The number of carbonyl (C=O) groups is 3. The zero-order valence-electron chi connectivity index (χ0n) is 9.65. The smallest absolute Gasteiger partial charge is 0.550 e. The molecule has 0 unspecified atom stereocenters. The molecule has 0 saturated carbocycles. The fourth-order valence-corrected chi connectivity index (χ4v) is 0. The monoisotopic (exact) mass is 334 g/mol. The molecule has 0 aliphatic heterocycles. The Balaban J connectivity index is -0.0000000655. The van der Waals surface area contributed by atoms with Gasteiger partial charge in [0.05, 0.1) is 0 Å². The predicted octanol–water partition coefficient (Wildman–Crippen LogP) is -2.94. The van der Waals surface area contributed by atoms with Crippen LogP contribution < -0.4 is 15.3 Å². The number of carboxylic acids is 3. The minimum Gasteiger partial charge on any atom is -0.550 e. The van der Waals surface area contributed by atoms with Crippen molar-refractivity contribution in [2.24, 2.45) is 0 Å². The summed E-state index contributed by atoms with van der Waals surface area (Å²) in [6, 6.07) is 0. The zero-order valence-corrected chi connectivity index (χ0v) is 12.9. The van der Waals surface area contributed by atoms with Crippen molar-refractivity contribution in [3.05, 3.63) is 0 Å². The van der Waals surface area contributed by atoms with E-state index in [0.29, 0.717) is 0 Å². The van der Waals surface area contributed by atoms with Crippen molar-refractivity contribution >= 4 is 43.8 Å². The maximum absolute atomic E-state index is 9.26. The molecule has 0 aromatic rings. The molecule has 0 radical (unpaired) electrons. The van der Waals surface area contributed by atoms with Crippen LogP contribution in [-0.4, -0.2) is 43.8 Å². The van der Waals surface area contributed by atoms with E-state index in [1.54, 1.807) is 0 Å². The first-order valence-corrected chi connectivity index (χ1v) is 4.41. The summed E-state index contributed by atoms with van der Waals surface area (Å²) in [6.45, 7) is 4.61. The normalized spacial score (nSPS) is 6.94. The summed E-state index contributed by atoms with van der Waals surface area (Å²) in [5.74, 6) is -2.99. The molecule has 0 amide bonds. The Hall–Kier alpha value is -0.720. The van der Waals surface area contributed by atoms with Crippen LogP contribution in [0.15, 0.2) is 0 Å². The van der Waals surface area contributed by atoms with Crippen LogP contribution in [-0.2, 0) is 14.4 Å². The average molecular weight is 334 g/mol. The van der Waals surface area contributed by atoms with Crippen molar-refractivity contribution in [2.45, 2.75) is 40.0 Å². The van der Waals surface area contributed by atoms with Crippen LogP contribution in [0.1, 0.15) is 40.0 Å². The Labute approximate surface area is 113 Å². The van der Waals surface area contributed by atoms with Crippen LogP contribution in [0.25, 0.3) is 0 Å². The molecular formula is C9H15InO6. The third-order valence-corrected chi connectivity index (χ3v) is 0.866. The van der Waals surface area contributed by atoms with Crippen molar-refractivity contribution in [1.82, 2.24) is 0 Å². The molecule has 16 heavy (non-hydrogen) atoms. The van der Waals surface area contributed by atoms with Gasteiger partial charge in [0, 0.05) is 17.9 Å². The summed E-state index contributed by atoms with van der Waals surface area (Å²) in [5.41, 5.74) is 0. The Kier molecular flexibility index (Phi) is 30.3. The third-order valence-electron chi connectivity index (χ3n) is 0.866. The van der Waals surface area contributed by atoms with E-state index in [9.17, 15) is 29.7 Å². The van der Waals surface area contributed by atoms with Crippen LogP contribution >= 0.6 is 0 Å². The van der Waals surface area contributed by atoms with Gasteiger partial charge >= 0.3 is 25.8 Å². The summed E-state index contributed by atoms with van der Waals surface area (Å²) in [6.07, 6.45) is 0.333. The first kappa shape index (κ1) is 24.5. The van der Waals surface area contributed by atoms with Gasteiger partial charge in [-0.2, -0.15) is 0 Å². The number of hydrogen-bond acceptors (Lipinski definition) is 6. The second-order valence-electron chi connectivity index (χ2n) is 2.18. The minimum absolute atomic E-state index is 0. The van der Waals surface area contributed by atoms with Gasteiger partial charge < -0.3 is 29.7 Å². The van der Waals surface area contributed by atoms with Gasteiger partial charge in [0.2, 0.25) is 0 Å². The molecule has 90 valence electrons. The van der Waals surface area contributed by atoms with Crippen molar-refractivity contribution in [2.75, 3.05) is 0 Å². The molecule has 0 spiro atoms. The van der Waals surface area contributed by atoms with E-state index in [0.717, 1.165) is 0 Å². The SMILES string of the molecule is CCC(=O)[O-].CCC(=O)[O-].CCC(=O)[O-].[In+3]. The molecule has 0 saturated heterocycles. The Morgan fingerprint density at radius 3 is 0.750 bits per heavy atom. The number of carbonyl (C=O) groups excluding carboxylic acids is 3. The molecule has 6 nitrogen and oxygen atoms in total. The summed E-state index contributed by atoms with van der Waals surface area (Å²) >= 11 is 0. The number of carboxylic acid groups (broad SMARTS) is 3. The molecule has 0 rings (SSSR count). The topological polar surface area (TPSA) is 120 Å². The van der Waals surface area contributed by atoms with E-state index in [1.807, 2.05) is 0 Å². The molecule has 7 heteroatoms. The van der Waals surface area contributed by atoms with E-state index in [1.165, 1.54) is 20.8 Å². The summed E-state index contributed by atoms with van der Waals surface area (Å²) < 4.78 is 0. The van der Waals surface area contributed by atoms with Crippen LogP contribution in [0.2, 0.25) is 0 Å². The van der Waals surface area contributed by atoms with Gasteiger partial charge in [0.25, 0.3) is 0 Å². The van der Waals surface area contributed by atoms with Gasteiger partial charge in [0.1, 0.15) is 0 Å². The van der Waals surface area contributed by atoms with Crippen molar-refractivity contribution in [3.8, 4) is 0 Å². The number of rotatable bonds is 3.